The summed E-state index contributed by atoms with van der Waals surface area (Å²) in [5.41, 5.74) is 2.15. The molecular formula is C22H19BrN2O5S. The van der Waals surface area contributed by atoms with E-state index in [0.717, 1.165) is 5.56 Å². The minimum atomic E-state index is -1.10. The molecule has 9 heteroatoms. The number of benzene rings is 2. The molecule has 2 N–H and O–H groups in total. The van der Waals surface area contributed by atoms with E-state index in [2.05, 4.69) is 35.1 Å². The molecule has 0 aliphatic carbocycles. The van der Waals surface area contributed by atoms with Crippen molar-refractivity contribution in [3.8, 4) is 5.75 Å². The highest BCUT2D eigenvalue weighted by atomic mass is 79.9. The number of hydrogen-bond acceptors (Lipinski definition) is 5. The fourth-order valence-corrected chi connectivity index (χ4v) is 3.72. The Bertz CT molecular complexity index is 1100. The predicted octanol–water partition coefficient (Wildman–Crippen LogP) is 3.87. The molecule has 2 aromatic rings. The monoisotopic (exact) mass is 502 g/mol. The minimum Gasteiger partial charge on any atom is -0.481 e. The molecule has 2 amide bonds. The van der Waals surface area contributed by atoms with Crippen LogP contribution < -0.4 is 15.0 Å². The summed E-state index contributed by atoms with van der Waals surface area (Å²) in [7, 11) is 0. The number of hydrogen-bond donors (Lipinski definition) is 2. The topological polar surface area (TPSA) is 95.9 Å². The van der Waals surface area contributed by atoms with E-state index < -0.39 is 24.4 Å². The lowest BCUT2D eigenvalue weighted by atomic mass is 10.0. The first-order valence-corrected chi connectivity index (χ1v) is 10.5. The van der Waals surface area contributed by atoms with E-state index in [1.807, 2.05) is 12.1 Å². The molecule has 0 spiro atoms. The SMILES string of the molecule is CC(C)c1ccc(N2C(=O)/C(=C/c3ccc(OCC(=O)O)c(Br)c3)C(=O)NC2=S)cc1. The molecule has 31 heavy (non-hydrogen) atoms. The summed E-state index contributed by atoms with van der Waals surface area (Å²) in [4.78, 5) is 37.5. The van der Waals surface area contributed by atoms with Gasteiger partial charge in [0.05, 0.1) is 10.2 Å². The van der Waals surface area contributed by atoms with Gasteiger partial charge >= 0.3 is 5.97 Å². The summed E-state index contributed by atoms with van der Waals surface area (Å²) in [5, 5.41) is 11.3. The molecule has 1 aliphatic rings. The Morgan fingerprint density at radius 1 is 1.23 bits per heavy atom. The molecule has 0 aromatic heterocycles. The molecule has 0 radical (unpaired) electrons. The maximum atomic E-state index is 13.1. The minimum absolute atomic E-state index is 0.0167. The molecule has 0 atom stereocenters. The lowest BCUT2D eigenvalue weighted by Gasteiger charge is -2.29. The van der Waals surface area contributed by atoms with E-state index in [0.29, 0.717) is 27.4 Å². The van der Waals surface area contributed by atoms with Crippen molar-refractivity contribution in [3.05, 3.63) is 63.6 Å². The van der Waals surface area contributed by atoms with E-state index in [1.54, 1.807) is 30.3 Å². The molecule has 0 unspecified atom stereocenters. The van der Waals surface area contributed by atoms with Gasteiger partial charge in [-0.3, -0.25) is 19.8 Å². The van der Waals surface area contributed by atoms with E-state index in [4.69, 9.17) is 22.1 Å². The summed E-state index contributed by atoms with van der Waals surface area (Å²) in [6.07, 6.45) is 1.45. The lowest BCUT2D eigenvalue weighted by Crippen LogP contribution is -2.54. The molecule has 0 bridgehead atoms. The highest BCUT2D eigenvalue weighted by Gasteiger charge is 2.34. The van der Waals surface area contributed by atoms with Crippen molar-refractivity contribution < 1.29 is 24.2 Å². The summed E-state index contributed by atoms with van der Waals surface area (Å²) in [6.45, 7) is 3.66. The maximum Gasteiger partial charge on any atom is 0.341 e. The average molecular weight is 503 g/mol. The fraction of sp³-hybridized carbons (Fsp3) is 0.182. The number of anilines is 1. The molecule has 1 aliphatic heterocycles. The number of nitrogens with one attached hydrogen (secondary N) is 1. The van der Waals surface area contributed by atoms with Crippen LogP contribution in [0.3, 0.4) is 0 Å². The van der Waals surface area contributed by atoms with Gasteiger partial charge in [-0.05, 0) is 75.5 Å². The quantitative estimate of drug-likeness (QED) is 0.353. The van der Waals surface area contributed by atoms with Gasteiger partial charge < -0.3 is 9.84 Å². The van der Waals surface area contributed by atoms with Crippen LogP contribution in [0.1, 0.15) is 30.9 Å². The van der Waals surface area contributed by atoms with Gasteiger partial charge in [-0.25, -0.2) is 4.79 Å². The molecule has 0 saturated carbocycles. The lowest BCUT2D eigenvalue weighted by molar-refractivity contribution is -0.139. The third kappa shape index (κ3) is 5.18. The normalized spacial score (nSPS) is 15.4. The number of rotatable bonds is 6. The van der Waals surface area contributed by atoms with Gasteiger partial charge in [0.2, 0.25) is 0 Å². The van der Waals surface area contributed by atoms with Gasteiger partial charge in [0, 0.05) is 0 Å². The molecule has 7 nitrogen and oxygen atoms in total. The van der Waals surface area contributed by atoms with Crippen molar-refractivity contribution in [2.45, 2.75) is 19.8 Å². The van der Waals surface area contributed by atoms with Gasteiger partial charge in [-0.15, -0.1) is 0 Å². The number of halogens is 1. The second-order valence-electron chi connectivity index (χ2n) is 7.08. The summed E-state index contributed by atoms with van der Waals surface area (Å²) in [5.74, 6) is -1.55. The number of thiocarbonyl (C=S) groups is 1. The van der Waals surface area contributed by atoms with Crippen molar-refractivity contribution in [2.75, 3.05) is 11.5 Å². The van der Waals surface area contributed by atoms with Crippen LogP contribution in [0.2, 0.25) is 0 Å². The number of nitrogens with zero attached hydrogens (tertiary/aromatic N) is 1. The van der Waals surface area contributed by atoms with Crippen LogP contribution in [-0.4, -0.2) is 34.6 Å². The summed E-state index contributed by atoms with van der Waals surface area (Å²) < 4.78 is 5.65. The largest absolute Gasteiger partial charge is 0.481 e. The fourth-order valence-electron chi connectivity index (χ4n) is 2.93. The second-order valence-corrected chi connectivity index (χ2v) is 8.32. The Hall–Kier alpha value is -3.04. The average Bonchev–Trinajstić information content (AvgIpc) is 2.70. The van der Waals surface area contributed by atoms with Gasteiger partial charge in [-0.2, -0.15) is 0 Å². The zero-order valence-corrected chi connectivity index (χ0v) is 19.1. The Labute approximate surface area is 192 Å². The number of ether oxygens (including phenoxy) is 1. The van der Waals surface area contributed by atoms with Crippen LogP contribution in [0.25, 0.3) is 6.08 Å². The van der Waals surface area contributed by atoms with Crippen LogP contribution in [0.4, 0.5) is 5.69 Å². The number of carbonyl (C=O) groups is 3. The van der Waals surface area contributed by atoms with Gasteiger partial charge in [-0.1, -0.05) is 32.0 Å². The van der Waals surface area contributed by atoms with E-state index in [-0.39, 0.29) is 10.7 Å². The van der Waals surface area contributed by atoms with Crippen molar-refractivity contribution in [2.24, 2.45) is 0 Å². The van der Waals surface area contributed by atoms with Gasteiger partial charge in [0.25, 0.3) is 11.8 Å². The van der Waals surface area contributed by atoms with Crippen molar-refractivity contribution in [3.63, 3.8) is 0 Å². The number of carboxylic acids is 1. The standard InChI is InChI=1S/C22H19BrN2O5S/c1-12(2)14-4-6-15(7-5-14)25-21(29)16(20(28)24-22(25)31)9-13-3-8-18(17(23)10-13)30-11-19(26)27/h3-10,12H,11H2,1-2H3,(H,26,27)(H,24,28,31)/b16-9+. The summed E-state index contributed by atoms with van der Waals surface area (Å²) >= 11 is 8.53. The van der Waals surface area contributed by atoms with Crippen LogP contribution in [0.15, 0.2) is 52.5 Å². The Morgan fingerprint density at radius 2 is 1.90 bits per heavy atom. The highest BCUT2D eigenvalue weighted by molar-refractivity contribution is 9.10. The molecular weight excluding hydrogens is 484 g/mol. The Kier molecular flexibility index (Phi) is 6.87. The third-order valence-electron chi connectivity index (χ3n) is 4.54. The Balaban J connectivity index is 1.90. The number of carbonyl (C=O) groups excluding carboxylic acids is 2. The summed E-state index contributed by atoms with van der Waals surface area (Å²) in [6, 6.07) is 12.2. The first-order valence-electron chi connectivity index (χ1n) is 9.33. The number of amides is 2. The van der Waals surface area contributed by atoms with Crippen LogP contribution in [0.5, 0.6) is 5.75 Å². The molecule has 3 rings (SSSR count). The molecule has 1 fully saturated rings. The highest BCUT2D eigenvalue weighted by Crippen LogP contribution is 2.28. The molecule has 2 aromatic carbocycles. The van der Waals surface area contributed by atoms with Crippen molar-refractivity contribution in [1.29, 1.82) is 0 Å². The first-order chi connectivity index (χ1) is 14.7. The van der Waals surface area contributed by atoms with Crippen LogP contribution in [-0.2, 0) is 14.4 Å². The van der Waals surface area contributed by atoms with E-state index in [1.165, 1.54) is 11.0 Å². The second kappa shape index (κ2) is 9.40. The third-order valence-corrected chi connectivity index (χ3v) is 5.44. The first kappa shape index (κ1) is 22.6. The van der Waals surface area contributed by atoms with E-state index >= 15 is 0 Å². The predicted molar refractivity (Wildman–Crippen MR) is 124 cm³/mol. The number of aliphatic carboxylic acids is 1. The van der Waals surface area contributed by atoms with Gasteiger partial charge in [0.1, 0.15) is 11.3 Å². The van der Waals surface area contributed by atoms with Crippen molar-refractivity contribution in [1.82, 2.24) is 5.32 Å². The van der Waals surface area contributed by atoms with Crippen LogP contribution in [0, 0.1) is 0 Å². The molecule has 160 valence electrons. The number of carboxylic acid groups (broad SMARTS) is 1. The van der Waals surface area contributed by atoms with E-state index in [9.17, 15) is 14.4 Å². The molecule has 1 saturated heterocycles. The zero-order chi connectivity index (χ0) is 22.7. The van der Waals surface area contributed by atoms with Crippen LogP contribution >= 0.6 is 28.1 Å². The Morgan fingerprint density at radius 3 is 2.48 bits per heavy atom. The van der Waals surface area contributed by atoms with Crippen molar-refractivity contribution >= 4 is 62.8 Å². The van der Waals surface area contributed by atoms with Gasteiger partial charge in [0.15, 0.2) is 11.7 Å². The molecule has 1 heterocycles. The maximum absolute atomic E-state index is 13.1. The zero-order valence-electron chi connectivity index (χ0n) is 16.7. The smallest absolute Gasteiger partial charge is 0.341 e.